The summed E-state index contributed by atoms with van der Waals surface area (Å²) in [7, 11) is 1.72. The van der Waals surface area contributed by atoms with Gasteiger partial charge in [0.25, 0.3) is 0 Å². The van der Waals surface area contributed by atoms with Gasteiger partial charge in [0, 0.05) is 37.8 Å². The van der Waals surface area contributed by atoms with Gasteiger partial charge in [0.15, 0.2) is 0 Å². The van der Waals surface area contributed by atoms with E-state index in [0.29, 0.717) is 12.5 Å². The van der Waals surface area contributed by atoms with E-state index in [9.17, 15) is 4.79 Å². The molecule has 0 spiro atoms. The molecule has 1 aliphatic rings. The number of piperidine rings is 1. The Morgan fingerprint density at radius 1 is 1.10 bits per heavy atom. The number of benzene rings is 2. The van der Waals surface area contributed by atoms with Crippen LogP contribution in [0.3, 0.4) is 0 Å². The van der Waals surface area contributed by atoms with Gasteiger partial charge < -0.3 is 14.5 Å². The van der Waals surface area contributed by atoms with Crippen LogP contribution in [-0.2, 0) is 11.2 Å². The Bertz CT molecular complexity index is 794. The third kappa shape index (κ3) is 5.77. The van der Waals surface area contributed by atoms with Gasteiger partial charge in [0.05, 0.1) is 7.11 Å². The molecule has 0 radical (unpaired) electrons. The van der Waals surface area contributed by atoms with Crippen LogP contribution < -0.4 is 9.64 Å². The molecule has 0 aromatic heterocycles. The molecule has 0 saturated carbocycles. The van der Waals surface area contributed by atoms with Crippen LogP contribution in [-0.4, -0.2) is 43.6 Å². The number of para-hydroxylation sites is 1. The number of likely N-dealkylation sites (tertiary alicyclic amines) is 1. The molecule has 5 heteroatoms. The minimum atomic E-state index is 0. The fourth-order valence-electron chi connectivity index (χ4n) is 4.45. The van der Waals surface area contributed by atoms with Crippen molar-refractivity contribution >= 4 is 24.0 Å². The molecule has 1 aliphatic heterocycles. The predicted molar refractivity (Wildman–Crippen MR) is 127 cm³/mol. The van der Waals surface area contributed by atoms with E-state index in [0.717, 1.165) is 50.3 Å². The number of hydrogen-bond acceptors (Lipinski definition) is 3. The number of amides is 1. The quantitative estimate of drug-likeness (QED) is 0.606. The van der Waals surface area contributed by atoms with E-state index in [1.54, 1.807) is 7.11 Å². The second kappa shape index (κ2) is 11.4. The number of ether oxygens (including phenoxy) is 1. The molecular formula is C25H35ClN2O2. The number of halogens is 1. The van der Waals surface area contributed by atoms with Gasteiger partial charge in [-0.25, -0.2) is 0 Å². The van der Waals surface area contributed by atoms with Crippen molar-refractivity contribution in [2.24, 2.45) is 0 Å². The second-order valence-electron chi connectivity index (χ2n) is 8.02. The molecule has 0 aliphatic carbocycles. The highest BCUT2D eigenvalue weighted by molar-refractivity contribution is 5.93. The monoisotopic (exact) mass is 430 g/mol. The van der Waals surface area contributed by atoms with Crippen LogP contribution in [0.1, 0.15) is 42.9 Å². The number of methoxy groups -OCH3 is 1. The average Bonchev–Trinajstić information content (AvgIpc) is 2.74. The molecule has 1 heterocycles. The highest BCUT2D eigenvalue weighted by Gasteiger charge is 2.28. The number of anilines is 1. The van der Waals surface area contributed by atoms with E-state index in [4.69, 9.17) is 4.74 Å². The summed E-state index contributed by atoms with van der Waals surface area (Å²) in [4.78, 5) is 17.2. The second-order valence-corrected chi connectivity index (χ2v) is 8.02. The number of aryl methyl sites for hydroxylation is 2. The Kier molecular flexibility index (Phi) is 9.19. The van der Waals surface area contributed by atoms with Crippen molar-refractivity contribution in [2.45, 2.75) is 52.5 Å². The topological polar surface area (TPSA) is 32.8 Å². The minimum absolute atomic E-state index is 0. The predicted octanol–water partition coefficient (Wildman–Crippen LogP) is 5.18. The first-order chi connectivity index (χ1) is 14.0. The third-order valence-corrected chi connectivity index (χ3v) is 6.11. The van der Waals surface area contributed by atoms with Crippen LogP contribution in [0.4, 0.5) is 5.69 Å². The van der Waals surface area contributed by atoms with E-state index in [1.165, 1.54) is 16.7 Å². The van der Waals surface area contributed by atoms with Crippen molar-refractivity contribution in [3.05, 3.63) is 59.2 Å². The van der Waals surface area contributed by atoms with Crippen LogP contribution in [0.2, 0.25) is 0 Å². The van der Waals surface area contributed by atoms with Gasteiger partial charge in [-0.05, 0) is 74.1 Å². The lowest BCUT2D eigenvalue weighted by Crippen LogP contribution is -2.48. The molecule has 0 bridgehead atoms. The van der Waals surface area contributed by atoms with Gasteiger partial charge in [0.1, 0.15) is 5.75 Å². The van der Waals surface area contributed by atoms with Gasteiger partial charge >= 0.3 is 0 Å². The highest BCUT2D eigenvalue weighted by atomic mass is 35.5. The summed E-state index contributed by atoms with van der Waals surface area (Å²) in [5.74, 6) is 1.16. The molecule has 2 aromatic rings. The third-order valence-electron chi connectivity index (χ3n) is 6.11. The number of nitrogens with zero attached hydrogens (tertiary/aromatic N) is 2. The molecule has 4 nitrogen and oxygen atoms in total. The SMILES string of the molecule is CCC(=O)N(c1ccccc1)C1CCN(CCc2c(C)cc(OC)cc2C)CC1.Cl. The van der Waals surface area contributed by atoms with Gasteiger partial charge in [-0.15, -0.1) is 12.4 Å². The molecular weight excluding hydrogens is 396 g/mol. The smallest absolute Gasteiger partial charge is 0.226 e. The zero-order valence-electron chi connectivity index (χ0n) is 18.7. The fraction of sp³-hybridized carbons (Fsp3) is 0.480. The van der Waals surface area contributed by atoms with Crippen LogP contribution in [0.25, 0.3) is 0 Å². The number of hydrogen-bond donors (Lipinski definition) is 0. The van der Waals surface area contributed by atoms with Gasteiger partial charge in [-0.3, -0.25) is 4.79 Å². The summed E-state index contributed by atoms with van der Waals surface area (Å²) in [5, 5.41) is 0. The zero-order valence-corrected chi connectivity index (χ0v) is 19.5. The van der Waals surface area contributed by atoms with Crippen molar-refractivity contribution in [1.82, 2.24) is 4.90 Å². The van der Waals surface area contributed by atoms with Gasteiger partial charge in [-0.2, -0.15) is 0 Å². The maximum absolute atomic E-state index is 12.6. The first kappa shape index (κ1) is 24.2. The Morgan fingerprint density at radius 3 is 2.23 bits per heavy atom. The van der Waals surface area contributed by atoms with E-state index in [-0.39, 0.29) is 18.3 Å². The first-order valence-corrected chi connectivity index (χ1v) is 10.8. The minimum Gasteiger partial charge on any atom is -0.497 e. The lowest BCUT2D eigenvalue weighted by atomic mass is 9.97. The molecule has 3 rings (SSSR count). The Morgan fingerprint density at radius 2 is 1.70 bits per heavy atom. The summed E-state index contributed by atoms with van der Waals surface area (Å²) >= 11 is 0. The summed E-state index contributed by atoms with van der Waals surface area (Å²) in [6, 6.07) is 14.7. The van der Waals surface area contributed by atoms with Crippen LogP contribution in [0.15, 0.2) is 42.5 Å². The van der Waals surface area contributed by atoms with Crippen LogP contribution in [0.5, 0.6) is 5.75 Å². The number of carbonyl (C=O) groups is 1. The Balaban J connectivity index is 0.00000320. The summed E-state index contributed by atoms with van der Waals surface area (Å²) in [6.07, 6.45) is 3.66. The van der Waals surface area contributed by atoms with E-state index in [2.05, 4.69) is 43.0 Å². The maximum atomic E-state index is 12.6. The molecule has 30 heavy (non-hydrogen) atoms. The molecule has 164 valence electrons. The molecule has 1 amide bonds. The zero-order chi connectivity index (χ0) is 20.8. The van der Waals surface area contributed by atoms with Gasteiger partial charge in [-0.1, -0.05) is 25.1 Å². The molecule has 0 unspecified atom stereocenters. The van der Waals surface area contributed by atoms with E-state index >= 15 is 0 Å². The number of rotatable bonds is 7. The van der Waals surface area contributed by atoms with E-state index < -0.39 is 0 Å². The van der Waals surface area contributed by atoms with Crippen molar-refractivity contribution in [2.75, 3.05) is 31.6 Å². The largest absolute Gasteiger partial charge is 0.497 e. The van der Waals surface area contributed by atoms with E-state index in [1.807, 2.05) is 30.0 Å². The molecule has 0 atom stereocenters. The highest BCUT2D eigenvalue weighted by Crippen LogP contribution is 2.26. The maximum Gasteiger partial charge on any atom is 0.226 e. The molecule has 2 aromatic carbocycles. The first-order valence-electron chi connectivity index (χ1n) is 10.8. The molecule has 1 saturated heterocycles. The van der Waals surface area contributed by atoms with Crippen molar-refractivity contribution in [1.29, 1.82) is 0 Å². The number of carbonyl (C=O) groups excluding carboxylic acids is 1. The van der Waals surface area contributed by atoms with Crippen LogP contribution in [0, 0.1) is 13.8 Å². The Labute approximate surface area is 187 Å². The normalized spacial score (nSPS) is 14.8. The summed E-state index contributed by atoms with van der Waals surface area (Å²) < 4.78 is 5.38. The van der Waals surface area contributed by atoms with Crippen LogP contribution >= 0.6 is 12.4 Å². The molecule has 0 N–H and O–H groups in total. The molecule has 1 fully saturated rings. The summed E-state index contributed by atoms with van der Waals surface area (Å²) in [5.41, 5.74) is 5.07. The lowest BCUT2D eigenvalue weighted by molar-refractivity contribution is -0.119. The average molecular weight is 431 g/mol. The summed E-state index contributed by atoms with van der Waals surface area (Å²) in [6.45, 7) is 9.44. The van der Waals surface area contributed by atoms with Crippen molar-refractivity contribution < 1.29 is 9.53 Å². The standard InChI is InChI=1S/C25H34N2O2.ClH/c1-5-25(28)27(21-9-7-6-8-10-21)22-11-14-26(15-12-22)16-13-24-19(2)17-23(29-4)18-20(24)3;/h6-10,17-18,22H,5,11-16H2,1-4H3;1H. The van der Waals surface area contributed by atoms with Gasteiger partial charge in [0.2, 0.25) is 5.91 Å². The lowest BCUT2D eigenvalue weighted by Gasteiger charge is -2.38. The Hall–Kier alpha value is -2.04. The van der Waals surface area contributed by atoms with Crippen molar-refractivity contribution in [3.63, 3.8) is 0 Å². The van der Waals surface area contributed by atoms with Crippen molar-refractivity contribution in [3.8, 4) is 5.75 Å². The fourth-order valence-corrected chi connectivity index (χ4v) is 4.45.